The quantitative estimate of drug-likeness (QED) is 0.171. The van der Waals surface area contributed by atoms with E-state index in [2.05, 4.69) is 190 Å². The maximum absolute atomic E-state index is 10.5. The molecule has 0 saturated heterocycles. The van der Waals surface area contributed by atoms with Crippen LogP contribution in [0.1, 0.15) is 33.4 Å². The summed E-state index contributed by atoms with van der Waals surface area (Å²) >= 11 is 0. The number of benzene rings is 8. The van der Waals surface area contributed by atoms with Crippen LogP contribution >= 0.6 is 0 Å². The van der Waals surface area contributed by atoms with Crippen LogP contribution in [-0.2, 0) is 5.41 Å². The molecule has 0 saturated carbocycles. The van der Waals surface area contributed by atoms with E-state index in [0.29, 0.717) is 11.1 Å². The number of nitriles is 2. The molecule has 0 amide bonds. The third kappa shape index (κ3) is 4.36. The molecule has 0 bridgehead atoms. The molecule has 2 aliphatic rings. The summed E-state index contributed by atoms with van der Waals surface area (Å²) in [6.07, 6.45) is 0. The van der Waals surface area contributed by atoms with Gasteiger partial charge in [-0.1, -0.05) is 121 Å². The summed E-state index contributed by atoms with van der Waals surface area (Å²) in [4.78, 5) is 6.23. The van der Waals surface area contributed by atoms with Gasteiger partial charge in [-0.25, -0.2) is 4.85 Å². The van der Waals surface area contributed by atoms with Gasteiger partial charge >= 0.3 is 0 Å². The molecule has 0 fully saturated rings. The summed E-state index contributed by atoms with van der Waals surface area (Å²) in [6.45, 7) is 8.23. The molecule has 9 aromatic rings. The van der Waals surface area contributed by atoms with Crippen LogP contribution in [-0.4, -0.2) is 4.57 Å². The lowest BCUT2D eigenvalue weighted by atomic mass is 9.64. The maximum atomic E-state index is 10.5. The summed E-state index contributed by atoms with van der Waals surface area (Å²) in [6, 6.07) is 65.8. The molecule has 0 unspecified atom stereocenters. The van der Waals surface area contributed by atoms with Crippen LogP contribution < -0.4 is 4.90 Å². The highest BCUT2D eigenvalue weighted by Gasteiger charge is 2.51. The van der Waals surface area contributed by atoms with Crippen LogP contribution in [0.5, 0.6) is 0 Å². The van der Waals surface area contributed by atoms with E-state index < -0.39 is 5.41 Å². The number of fused-ring (bicyclic) bond motifs is 12. The van der Waals surface area contributed by atoms with E-state index in [9.17, 15) is 10.5 Å². The van der Waals surface area contributed by atoms with Crippen molar-refractivity contribution in [2.45, 2.75) is 5.41 Å². The van der Waals surface area contributed by atoms with Gasteiger partial charge in [0.25, 0.3) is 0 Å². The molecule has 1 aromatic heterocycles. The van der Waals surface area contributed by atoms with E-state index in [1.54, 1.807) is 12.1 Å². The lowest BCUT2D eigenvalue weighted by Crippen LogP contribution is -2.36. The molecule has 0 N–H and O–H groups in total. The molecule has 0 atom stereocenters. The van der Waals surface area contributed by atoms with Crippen molar-refractivity contribution >= 4 is 44.6 Å². The zero-order valence-electron chi connectivity index (χ0n) is 30.5. The average Bonchev–Trinajstić information content (AvgIpc) is 3.77. The lowest BCUT2D eigenvalue weighted by Gasteiger charge is -2.45. The average molecular weight is 724 g/mol. The van der Waals surface area contributed by atoms with Crippen molar-refractivity contribution in [3.8, 4) is 40.1 Å². The Morgan fingerprint density at radius 2 is 1.02 bits per heavy atom. The fraction of sp³-hybridized carbons (Fsp3) is 0.0192. The molecule has 1 aliphatic carbocycles. The number of nitrogens with zero attached hydrogens (tertiary/aromatic N) is 5. The van der Waals surface area contributed by atoms with Crippen molar-refractivity contribution in [3.05, 3.63) is 221 Å². The van der Waals surface area contributed by atoms with Crippen molar-refractivity contribution in [3.63, 3.8) is 0 Å². The third-order valence-electron chi connectivity index (χ3n) is 11.8. The van der Waals surface area contributed by atoms with Crippen molar-refractivity contribution in [1.29, 1.82) is 10.5 Å². The molecular weight excluding hydrogens is 695 g/mol. The van der Waals surface area contributed by atoms with Crippen LogP contribution in [0.2, 0.25) is 0 Å². The van der Waals surface area contributed by atoms with Gasteiger partial charge in [-0.15, -0.1) is 0 Å². The topological polar surface area (TPSA) is 60.1 Å². The second-order valence-electron chi connectivity index (χ2n) is 14.6. The molecule has 11 rings (SSSR count). The van der Waals surface area contributed by atoms with Crippen LogP contribution in [0.25, 0.3) is 54.6 Å². The Hall–Kier alpha value is -8.17. The first-order valence-electron chi connectivity index (χ1n) is 18.8. The summed E-state index contributed by atoms with van der Waals surface area (Å²) < 4.78 is 2.28. The molecule has 262 valence electrons. The van der Waals surface area contributed by atoms with E-state index in [0.717, 1.165) is 44.6 Å². The van der Waals surface area contributed by atoms with Crippen molar-refractivity contribution in [2.75, 3.05) is 4.90 Å². The Labute approximate surface area is 329 Å². The first-order valence-corrected chi connectivity index (χ1v) is 18.8. The van der Waals surface area contributed by atoms with Gasteiger partial charge in [-0.05, 0) is 93.5 Å². The van der Waals surface area contributed by atoms with Crippen LogP contribution in [0.3, 0.4) is 0 Å². The Morgan fingerprint density at radius 1 is 0.509 bits per heavy atom. The minimum atomic E-state index is -0.567. The number of hydrogen-bond donors (Lipinski definition) is 0. The molecule has 1 aliphatic heterocycles. The standard InChI is InChI=1S/C52H29N5/c1-55-46-27-33(31-53)26-35(32-54)51(46)34-28-36(56-47-22-10-4-16-40(47)41-17-5-11-23-48(41)56)30-37(29-34)57-49-24-12-8-20-44(49)52(45-21-9-13-25-50(45)57)42-18-6-2-14-38(42)39-15-3-7-19-43(39)52/h2-30H. The zero-order valence-corrected chi connectivity index (χ0v) is 30.5. The number of hydrogen-bond acceptors (Lipinski definition) is 3. The summed E-state index contributed by atoms with van der Waals surface area (Å²) in [7, 11) is 0. The number of anilines is 3. The SMILES string of the molecule is [C-]#[N+]c1cc(C#N)cc(C#N)c1-c1cc(N2c3ccccc3C3(c4ccccc4-c4ccccc43)c3ccccc32)cc(-n2c3ccccc3c3ccccc32)c1. The Bertz CT molecular complexity index is 3130. The molecule has 0 radical (unpaired) electrons. The number of rotatable bonds is 3. The maximum Gasteiger partial charge on any atom is 0.197 e. The smallest absolute Gasteiger partial charge is 0.197 e. The van der Waals surface area contributed by atoms with Crippen molar-refractivity contribution < 1.29 is 0 Å². The van der Waals surface area contributed by atoms with E-state index in [-0.39, 0.29) is 16.8 Å². The second kappa shape index (κ2) is 12.2. The Balaban J connectivity index is 1.26. The van der Waals surface area contributed by atoms with Crippen LogP contribution in [0, 0.1) is 29.2 Å². The molecule has 1 spiro atoms. The first kappa shape index (κ1) is 32.3. The summed E-state index contributed by atoms with van der Waals surface area (Å²) in [5.41, 5.74) is 14.7. The summed E-state index contributed by atoms with van der Waals surface area (Å²) in [5.74, 6) is 0. The van der Waals surface area contributed by atoms with Crippen LogP contribution in [0.4, 0.5) is 22.7 Å². The van der Waals surface area contributed by atoms with Gasteiger partial charge in [0.05, 0.1) is 52.1 Å². The van der Waals surface area contributed by atoms with Gasteiger partial charge in [-0.2, -0.15) is 10.5 Å². The Morgan fingerprint density at radius 3 is 1.58 bits per heavy atom. The van der Waals surface area contributed by atoms with E-state index in [1.165, 1.54) is 33.4 Å². The molecule has 5 heteroatoms. The number of para-hydroxylation sites is 4. The van der Waals surface area contributed by atoms with Crippen molar-refractivity contribution in [2.24, 2.45) is 0 Å². The largest absolute Gasteiger partial charge is 0.310 e. The van der Waals surface area contributed by atoms with Gasteiger partial charge < -0.3 is 9.47 Å². The highest BCUT2D eigenvalue weighted by Crippen LogP contribution is 2.63. The van der Waals surface area contributed by atoms with Gasteiger partial charge in [0.1, 0.15) is 0 Å². The molecule has 8 aromatic carbocycles. The normalized spacial score (nSPS) is 13.0. The third-order valence-corrected chi connectivity index (χ3v) is 11.8. The fourth-order valence-electron chi connectivity index (χ4n) is 9.71. The predicted octanol–water partition coefficient (Wildman–Crippen LogP) is 12.9. The Kier molecular flexibility index (Phi) is 6.89. The van der Waals surface area contributed by atoms with Gasteiger partial charge in [0, 0.05) is 33.3 Å². The zero-order chi connectivity index (χ0) is 38.3. The predicted molar refractivity (Wildman–Crippen MR) is 227 cm³/mol. The molecular formula is C52H29N5. The van der Waals surface area contributed by atoms with Crippen LogP contribution in [0.15, 0.2) is 176 Å². The van der Waals surface area contributed by atoms with Gasteiger partial charge in [0.2, 0.25) is 0 Å². The highest BCUT2D eigenvalue weighted by molar-refractivity contribution is 6.09. The fourth-order valence-corrected chi connectivity index (χ4v) is 9.71. The first-order chi connectivity index (χ1) is 28.1. The molecule has 2 heterocycles. The van der Waals surface area contributed by atoms with Crippen molar-refractivity contribution in [1.82, 2.24) is 4.57 Å². The monoisotopic (exact) mass is 723 g/mol. The minimum absolute atomic E-state index is 0.258. The molecule has 57 heavy (non-hydrogen) atoms. The summed E-state index contributed by atoms with van der Waals surface area (Å²) in [5, 5.41) is 22.6. The minimum Gasteiger partial charge on any atom is -0.310 e. The van der Waals surface area contributed by atoms with E-state index in [4.69, 9.17) is 6.57 Å². The van der Waals surface area contributed by atoms with Gasteiger partial charge in [-0.3, -0.25) is 0 Å². The van der Waals surface area contributed by atoms with E-state index in [1.807, 2.05) is 0 Å². The lowest BCUT2D eigenvalue weighted by molar-refractivity contribution is 0.752. The highest BCUT2D eigenvalue weighted by atomic mass is 15.2. The molecule has 5 nitrogen and oxygen atoms in total. The van der Waals surface area contributed by atoms with Gasteiger partial charge in [0.15, 0.2) is 5.69 Å². The number of aromatic nitrogens is 1. The second-order valence-corrected chi connectivity index (χ2v) is 14.6. The van der Waals surface area contributed by atoms with E-state index >= 15 is 0 Å².